The number of carboxylic acid groups (broad SMARTS) is 1. The van der Waals surface area contributed by atoms with E-state index < -0.39 is 5.97 Å². The summed E-state index contributed by atoms with van der Waals surface area (Å²) in [5, 5.41) is 9.42. The first-order chi connectivity index (χ1) is 9.97. The molecule has 0 fully saturated rings. The van der Waals surface area contributed by atoms with Crippen molar-refractivity contribution < 1.29 is 14.6 Å². The molecule has 0 amide bonds. The van der Waals surface area contributed by atoms with Crippen molar-refractivity contribution in [2.24, 2.45) is 0 Å². The molecule has 0 unspecified atom stereocenters. The zero-order chi connectivity index (χ0) is 15.4. The Morgan fingerprint density at radius 1 is 1.29 bits per heavy atom. The van der Waals surface area contributed by atoms with Crippen molar-refractivity contribution >= 4 is 40.6 Å². The first-order valence-corrected chi connectivity index (χ1v) is 7.63. The number of halogens is 1. The van der Waals surface area contributed by atoms with Crippen molar-refractivity contribution in [3.05, 3.63) is 51.2 Å². The Morgan fingerprint density at radius 3 is 2.57 bits per heavy atom. The van der Waals surface area contributed by atoms with E-state index in [4.69, 9.17) is 16.3 Å². The van der Waals surface area contributed by atoms with Gasteiger partial charge in [-0.15, -0.1) is 11.3 Å². The van der Waals surface area contributed by atoms with Gasteiger partial charge in [0.25, 0.3) is 0 Å². The zero-order valence-electron chi connectivity index (χ0n) is 11.7. The monoisotopic (exact) mass is 322 g/mol. The highest BCUT2D eigenvalue weighted by molar-refractivity contribution is 7.17. The van der Waals surface area contributed by atoms with E-state index in [1.165, 1.54) is 11.3 Å². The maximum atomic E-state index is 11.5. The summed E-state index contributed by atoms with van der Waals surface area (Å²) in [6.45, 7) is 3.86. The molecule has 0 saturated carbocycles. The van der Waals surface area contributed by atoms with Crippen LogP contribution >= 0.6 is 22.9 Å². The molecule has 0 radical (unpaired) electrons. The van der Waals surface area contributed by atoms with Crippen LogP contribution in [0.15, 0.2) is 36.4 Å². The number of hydrogen-bond acceptors (Lipinski definition) is 3. The van der Waals surface area contributed by atoms with Crippen LogP contribution in [0.5, 0.6) is 5.75 Å². The molecule has 5 heteroatoms. The number of carbonyl (C=O) groups is 1. The largest absolute Gasteiger partial charge is 0.490 e. The molecule has 3 nitrogen and oxygen atoms in total. The SMILES string of the molecule is CC(C)Oc1ccccc1/C=C(\C(=O)O)c1ccc(Cl)s1. The molecule has 2 aromatic rings. The minimum atomic E-state index is -0.993. The Kier molecular flexibility index (Phi) is 5.04. The number of ether oxygens (including phenoxy) is 1. The van der Waals surface area contributed by atoms with Crippen molar-refractivity contribution in [2.75, 3.05) is 0 Å². The molecular weight excluding hydrogens is 308 g/mol. The summed E-state index contributed by atoms with van der Waals surface area (Å²) in [5.41, 5.74) is 0.930. The quantitative estimate of drug-likeness (QED) is 0.803. The van der Waals surface area contributed by atoms with Gasteiger partial charge < -0.3 is 9.84 Å². The predicted molar refractivity (Wildman–Crippen MR) is 87.0 cm³/mol. The smallest absolute Gasteiger partial charge is 0.337 e. The molecular formula is C16H15ClO3S. The molecule has 1 heterocycles. The van der Waals surface area contributed by atoms with Gasteiger partial charge in [-0.3, -0.25) is 0 Å². The number of benzene rings is 1. The van der Waals surface area contributed by atoms with Gasteiger partial charge >= 0.3 is 5.97 Å². The highest BCUT2D eigenvalue weighted by Gasteiger charge is 2.14. The summed E-state index contributed by atoms with van der Waals surface area (Å²) >= 11 is 7.12. The number of hydrogen-bond donors (Lipinski definition) is 1. The zero-order valence-corrected chi connectivity index (χ0v) is 13.2. The maximum absolute atomic E-state index is 11.5. The topological polar surface area (TPSA) is 46.5 Å². The van der Waals surface area contributed by atoms with E-state index in [2.05, 4.69) is 0 Å². The highest BCUT2D eigenvalue weighted by Crippen LogP contribution is 2.31. The van der Waals surface area contributed by atoms with E-state index >= 15 is 0 Å². The lowest BCUT2D eigenvalue weighted by molar-refractivity contribution is -0.130. The van der Waals surface area contributed by atoms with E-state index in [-0.39, 0.29) is 11.7 Å². The van der Waals surface area contributed by atoms with Crippen molar-refractivity contribution in [3.8, 4) is 5.75 Å². The van der Waals surface area contributed by atoms with Crippen LogP contribution in [-0.4, -0.2) is 17.2 Å². The average molecular weight is 323 g/mol. The summed E-state index contributed by atoms with van der Waals surface area (Å²) in [5.74, 6) is -0.332. The van der Waals surface area contributed by atoms with Crippen LogP contribution in [-0.2, 0) is 4.79 Å². The minimum absolute atomic E-state index is 0.0176. The lowest BCUT2D eigenvalue weighted by atomic mass is 10.1. The molecule has 0 atom stereocenters. The summed E-state index contributed by atoms with van der Waals surface area (Å²) in [6, 6.07) is 10.8. The fourth-order valence-corrected chi connectivity index (χ4v) is 2.86. The average Bonchev–Trinajstić information content (AvgIpc) is 2.83. The van der Waals surface area contributed by atoms with Gasteiger partial charge in [0.1, 0.15) is 5.75 Å². The van der Waals surface area contributed by atoms with Crippen LogP contribution in [0.25, 0.3) is 11.6 Å². The molecule has 1 N–H and O–H groups in total. The Morgan fingerprint density at radius 2 is 2.00 bits per heavy atom. The predicted octanol–water partition coefficient (Wildman–Crippen LogP) is 4.81. The molecule has 0 aliphatic heterocycles. The van der Waals surface area contributed by atoms with Crippen LogP contribution in [0.4, 0.5) is 0 Å². The number of para-hydroxylation sites is 1. The van der Waals surface area contributed by atoms with Gasteiger partial charge in [0.15, 0.2) is 0 Å². The fraction of sp³-hybridized carbons (Fsp3) is 0.188. The molecule has 21 heavy (non-hydrogen) atoms. The fourth-order valence-electron chi connectivity index (χ4n) is 1.81. The van der Waals surface area contributed by atoms with E-state index in [9.17, 15) is 9.90 Å². The number of thiophene rings is 1. The summed E-state index contributed by atoms with van der Waals surface area (Å²) < 4.78 is 6.27. The van der Waals surface area contributed by atoms with Gasteiger partial charge in [-0.05, 0) is 38.1 Å². The van der Waals surface area contributed by atoms with Crippen LogP contribution in [0.1, 0.15) is 24.3 Å². The third kappa shape index (κ3) is 4.09. The van der Waals surface area contributed by atoms with Crippen LogP contribution in [0, 0.1) is 0 Å². The third-order valence-electron chi connectivity index (χ3n) is 2.65. The normalized spacial score (nSPS) is 11.7. The third-order valence-corrected chi connectivity index (χ3v) is 3.92. The van der Waals surface area contributed by atoms with Gasteiger partial charge in [-0.1, -0.05) is 29.8 Å². The Balaban J connectivity index is 2.46. The highest BCUT2D eigenvalue weighted by atomic mass is 35.5. The van der Waals surface area contributed by atoms with E-state index in [1.807, 2.05) is 38.1 Å². The molecule has 0 saturated heterocycles. The number of rotatable bonds is 5. The number of aliphatic carboxylic acids is 1. The molecule has 0 spiro atoms. The summed E-state index contributed by atoms with van der Waals surface area (Å²) in [6.07, 6.45) is 1.63. The second kappa shape index (κ2) is 6.78. The Labute approximate surface area is 132 Å². The number of carboxylic acids is 1. The Hall–Kier alpha value is -1.78. The summed E-state index contributed by atoms with van der Waals surface area (Å²) in [4.78, 5) is 12.1. The van der Waals surface area contributed by atoms with E-state index in [0.29, 0.717) is 15.0 Å². The first kappa shape index (κ1) is 15.6. The standard InChI is InChI=1S/C16H15ClO3S/c1-10(2)20-13-6-4-3-5-11(13)9-12(16(18)19)14-7-8-15(17)21-14/h3-10H,1-2H3,(H,18,19)/b12-9-. The lowest BCUT2D eigenvalue weighted by Crippen LogP contribution is -2.06. The second-order valence-corrected chi connectivity index (χ2v) is 6.39. The van der Waals surface area contributed by atoms with Gasteiger partial charge in [-0.2, -0.15) is 0 Å². The minimum Gasteiger partial charge on any atom is -0.490 e. The molecule has 1 aromatic carbocycles. The lowest BCUT2D eigenvalue weighted by Gasteiger charge is -2.12. The molecule has 1 aromatic heterocycles. The van der Waals surface area contributed by atoms with E-state index in [0.717, 1.165) is 5.56 Å². The van der Waals surface area contributed by atoms with Gasteiger partial charge in [0.2, 0.25) is 0 Å². The Bertz CT molecular complexity index is 674. The first-order valence-electron chi connectivity index (χ1n) is 6.43. The van der Waals surface area contributed by atoms with Crippen molar-refractivity contribution in [2.45, 2.75) is 20.0 Å². The molecule has 110 valence electrons. The molecule has 2 rings (SSSR count). The summed E-state index contributed by atoms with van der Waals surface area (Å²) in [7, 11) is 0. The molecule has 0 bridgehead atoms. The van der Waals surface area contributed by atoms with Gasteiger partial charge in [0, 0.05) is 10.4 Å². The van der Waals surface area contributed by atoms with Crippen molar-refractivity contribution in [1.82, 2.24) is 0 Å². The van der Waals surface area contributed by atoms with E-state index in [1.54, 1.807) is 18.2 Å². The van der Waals surface area contributed by atoms with Crippen molar-refractivity contribution in [1.29, 1.82) is 0 Å². The second-order valence-electron chi connectivity index (χ2n) is 4.67. The molecule has 0 aliphatic rings. The van der Waals surface area contributed by atoms with Gasteiger partial charge in [0.05, 0.1) is 16.0 Å². The van der Waals surface area contributed by atoms with Crippen LogP contribution < -0.4 is 4.74 Å². The van der Waals surface area contributed by atoms with Gasteiger partial charge in [-0.25, -0.2) is 4.79 Å². The van der Waals surface area contributed by atoms with Crippen LogP contribution in [0.2, 0.25) is 4.34 Å². The van der Waals surface area contributed by atoms with Crippen molar-refractivity contribution in [3.63, 3.8) is 0 Å². The molecule has 0 aliphatic carbocycles. The van der Waals surface area contributed by atoms with Crippen LogP contribution in [0.3, 0.4) is 0 Å². The maximum Gasteiger partial charge on any atom is 0.337 e.